The van der Waals surface area contributed by atoms with Crippen molar-refractivity contribution in [2.24, 2.45) is 5.92 Å². The Morgan fingerprint density at radius 3 is 2.53 bits per heavy atom. The van der Waals surface area contributed by atoms with Crippen LogP contribution in [0.1, 0.15) is 45.4 Å². The van der Waals surface area contributed by atoms with Crippen LogP contribution < -0.4 is 10.6 Å². The fourth-order valence-corrected chi connectivity index (χ4v) is 4.73. The van der Waals surface area contributed by atoms with Crippen molar-refractivity contribution in [3.63, 3.8) is 0 Å². The van der Waals surface area contributed by atoms with Crippen molar-refractivity contribution in [1.82, 2.24) is 0 Å². The van der Waals surface area contributed by atoms with E-state index in [1.165, 1.54) is 36.4 Å². The van der Waals surface area contributed by atoms with Crippen LogP contribution in [0, 0.1) is 11.7 Å². The lowest BCUT2D eigenvalue weighted by atomic mass is 9.88. The molecule has 1 saturated carbocycles. The summed E-state index contributed by atoms with van der Waals surface area (Å²) in [4.78, 5) is 26.1. The normalized spacial score (nSPS) is 15.4. The summed E-state index contributed by atoms with van der Waals surface area (Å²) < 4.78 is 13.3. The number of halogens is 2. The van der Waals surface area contributed by atoms with Crippen LogP contribution in [0.25, 0.3) is 0 Å². The van der Waals surface area contributed by atoms with E-state index in [1.807, 2.05) is 31.2 Å². The molecule has 1 unspecified atom stereocenters. The highest BCUT2D eigenvalue weighted by Gasteiger charge is 2.22. The molecule has 30 heavy (non-hydrogen) atoms. The van der Waals surface area contributed by atoms with E-state index < -0.39 is 5.82 Å². The van der Waals surface area contributed by atoms with Crippen molar-refractivity contribution < 1.29 is 14.0 Å². The number of carbonyl (C=O) groups excluding carboxylic acids is 2. The van der Waals surface area contributed by atoms with Gasteiger partial charge in [0.1, 0.15) is 5.82 Å². The Labute approximate surface area is 186 Å². The molecule has 0 aliphatic heterocycles. The number of hydrogen-bond donors (Lipinski definition) is 2. The van der Waals surface area contributed by atoms with Crippen LogP contribution in [0.4, 0.5) is 15.8 Å². The Bertz CT molecular complexity index is 903. The third-order valence-electron chi connectivity index (χ3n) is 5.21. The summed E-state index contributed by atoms with van der Waals surface area (Å²) in [5.74, 6) is -0.536. The molecule has 7 heteroatoms. The van der Waals surface area contributed by atoms with Gasteiger partial charge >= 0.3 is 0 Å². The van der Waals surface area contributed by atoms with Gasteiger partial charge in [-0.1, -0.05) is 43.9 Å². The number of amides is 2. The fourth-order valence-electron chi connectivity index (χ4n) is 3.54. The van der Waals surface area contributed by atoms with Gasteiger partial charge in [0, 0.05) is 22.2 Å². The van der Waals surface area contributed by atoms with E-state index in [0.29, 0.717) is 12.1 Å². The molecule has 0 spiro atoms. The number of anilines is 2. The Hall–Kier alpha value is -2.05. The smallest absolute Gasteiger partial charge is 0.237 e. The van der Waals surface area contributed by atoms with Crippen molar-refractivity contribution in [2.75, 3.05) is 10.6 Å². The number of hydrogen-bond acceptors (Lipinski definition) is 3. The molecule has 1 atom stereocenters. The molecular weight excluding hydrogens is 423 g/mol. The minimum Gasteiger partial charge on any atom is -0.326 e. The maximum Gasteiger partial charge on any atom is 0.237 e. The van der Waals surface area contributed by atoms with Crippen molar-refractivity contribution in [2.45, 2.75) is 55.6 Å². The van der Waals surface area contributed by atoms with Gasteiger partial charge in [0.05, 0.1) is 10.3 Å². The van der Waals surface area contributed by atoms with Crippen molar-refractivity contribution >= 4 is 46.6 Å². The van der Waals surface area contributed by atoms with Gasteiger partial charge in [-0.3, -0.25) is 9.59 Å². The van der Waals surface area contributed by atoms with Crippen LogP contribution in [0.15, 0.2) is 47.4 Å². The van der Waals surface area contributed by atoms with Crippen LogP contribution in [-0.2, 0) is 9.59 Å². The highest BCUT2D eigenvalue weighted by molar-refractivity contribution is 8.00. The average Bonchev–Trinajstić information content (AvgIpc) is 2.75. The topological polar surface area (TPSA) is 58.2 Å². The van der Waals surface area contributed by atoms with Crippen molar-refractivity contribution in [3.8, 4) is 0 Å². The lowest BCUT2D eigenvalue weighted by molar-refractivity contribution is -0.120. The molecule has 2 aromatic rings. The minimum absolute atomic E-state index is 0.0325. The summed E-state index contributed by atoms with van der Waals surface area (Å²) in [6.07, 6.45) is 5.95. The maximum atomic E-state index is 13.3. The molecule has 0 radical (unpaired) electrons. The summed E-state index contributed by atoms with van der Waals surface area (Å²) in [6, 6.07) is 11.7. The molecule has 0 saturated heterocycles. The van der Waals surface area contributed by atoms with E-state index in [-0.39, 0.29) is 28.0 Å². The third kappa shape index (κ3) is 6.22. The van der Waals surface area contributed by atoms with Gasteiger partial charge in [0.2, 0.25) is 11.8 Å². The monoisotopic (exact) mass is 448 g/mol. The molecule has 1 aliphatic rings. The first-order valence-electron chi connectivity index (χ1n) is 10.3. The maximum absolute atomic E-state index is 13.3. The number of benzene rings is 2. The van der Waals surface area contributed by atoms with E-state index in [1.54, 1.807) is 0 Å². The molecular formula is C23H26ClFN2O2S. The molecule has 0 heterocycles. The summed E-state index contributed by atoms with van der Waals surface area (Å²) >= 11 is 7.22. The second kappa shape index (κ2) is 10.8. The Morgan fingerprint density at radius 2 is 1.83 bits per heavy atom. The first-order valence-corrected chi connectivity index (χ1v) is 11.6. The second-order valence-corrected chi connectivity index (χ2v) is 9.17. The van der Waals surface area contributed by atoms with E-state index in [4.69, 9.17) is 11.6 Å². The lowest BCUT2D eigenvalue weighted by Crippen LogP contribution is -2.25. The Morgan fingerprint density at radius 1 is 1.10 bits per heavy atom. The zero-order chi connectivity index (χ0) is 21.5. The zero-order valence-corrected chi connectivity index (χ0v) is 18.5. The summed E-state index contributed by atoms with van der Waals surface area (Å²) in [7, 11) is 0. The fraction of sp³-hybridized carbons (Fsp3) is 0.391. The minimum atomic E-state index is -0.525. The number of nitrogens with one attached hydrogen (secondary N) is 2. The summed E-state index contributed by atoms with van der Waals surface area (Å²) in [5, 5.41) is 5.44. The van der Waals surface area contributed by atoms with Crippen LogP contribution in [-0.4, -0.2) is 17.1 Å². The largest absolute Gasteiger partial charge is 0.326 e. The molecule has 160 valence electrons. The first-order chi connectivity index (χ1) is 14.5. The number of rotatable bonds is 7. The predicted molar refractivity (Wildman–Crippen MR) is 122 cm³/mol. The van der Waals surface area contributed by atoms with Crippen LogP contribution in [0.5, 0.6) is 0 Å². The van der Waals surface area contributed by atoms with Gasteiger partial charge < -0.3 is 10.6 Å². The van der Waals surface area contributed by atoms with Gasteiger partial charge in [-0.2, -0.15) is 0 Å². The number of thioether (sulfide) groups is 1. The molecule has 1 fully saturated rings. The number of carbonyl (C=O) groups is 2. The standard InChI is InChI=1S/C23H26ClFN2O2S/c1-2-21(23(29)27-17-11-12-20(25)19(24)14-17)30-18-10-6-9-16(13-18)26-22(28)15-7-4-3-5-8-15/h6,9-15,21H,2-5,7-8H2,1H3,(H,26,28)(H,27,29). The molecule has 2 amide bonds. The van der Waals surface area contributed by atoms with Gasteiger partial charge in [0.25, 0.3) is 0 Å². The van der Waals surface area contributed by atoms with Crippen LogP contribution in [0.3, 0.4) is 0 Å². The SMILES string of the molecule is CCC(Sc1cccc(NC(=O)C2CCCCC2)c1)C(=O)Nc1ccc(F)c(Cl)c1. The Kier molecular flexibility index (Phi) is 8.16. The predicted octanol–water partition coefficient (Wildman–Crippen LogP) is 6.51. The van der Waals surface area contributed by atoms with E-state index >= 15 is 0 Å². The van der Waals surface area contributed by atoms with Gasteiger partial charge in [0.15, 0.2) is 0 Å². The molecule has 0 bridgehead atoms. The average molecular weight is 449 g/mol. The van der Waals surface area contributed by atoms with Crippen molar-refractivity contribution in [3.05, 3.63) is 53.3 Å². The van der Waals surface area contributed by atoms with Crippen molar-refractivity contribution in [1.29, 1.82) is 0 Å². The molecule has 3 rings (SSSR count). The first kappa shape index (κ1) is 22.6. The highest BCUT2D eigenvalue weighted by atomic mass is 35.5. The lowest BCUT2D eigenvalue weighted by Gasteiger charge is -2.21. The summed E-state index contributed by atoms with van der Waals surface area (Å²) in [5.41, 5.74) is 1.20. The second-order valence-electron chi connectivity index (χ2n) is 7.48. The highest BCUT2D eigenvalue weighted by Crippen LogP contribution is 2.30. The third-order valence-corrected chi connectivity index (χ3v) is 6.85. The molecule has 2 aromatic carbocycles. The zero-order valence-electron chi connectivity index (χ0n) is 16.9. The van der Waals surface area contributed by atoms with Gasteiger partial charge in [-0.15, -0.1) is 11.8 Å². The quantitative estimate of drug-likeness (QED) is 0.475. The molecule has 2 N–H and O–H groups in total. The van der Waals surface area contributed by atoms with Crippen LogP contribution in [0.2, 0.25) is 5.02 Å². The Balaban J connectivity index is 1.61. The van der Waals surface area contributed by atoms with Gasteiger partial charge in [-0.25, -0.2) is 4.39 Å². The molecule has 4 nitrogen and oxygen atoms in total. The molecule has 1 aliphatic carbocycles. The van der Waals surface area contributed by atoms with Crippen LogP contribution >= 0.6 is 23.4 Å². The van der Waals surface area contributed by atoms with E-state index in [0.717, 1.165) is 36.3 Å². The summed E-state index contributed by atoms with van der Waals surface area (Å²) in [6.45, 7) is 1.93. The van der Waals surface area contributed by atoms with E-state index in [9.17, 15) is 14.0 Å². The van der Waals surface area contributed by atoms with Gasteiger partial charge in [-0.05, 0) is 55.7 Å². The molecule has 0 aromatic heterocycles. The van der Waals surface area contributed by atoms with E-state index in [2.05, 4.69) is 10.6 Å².